The topological polar surface area (TPSA) is 27.7 Å². The van der Waals surface area contributed by atoms with Gasteiger partial charge in [0.15, 0.2) is 8.07 Å². The zero-order valence-corrected chi connectivity index (χ0v) is 35.9. The molecule has 0 radical (unpaired) electrons. The van der Waals surface area contributed by atoms with Crippen molar-refractivity contribution in [3.05, 3.63) is 243 Å². The number of rotatable bonds is 7. The summed E-state index contributed by atoms with van der Waals surface area (Å²) in [5, 5.41) is 12.5. The Hall–Kier alpha value is -8.25. The van der Waals surface area contributed by atoms with E-state index in [0.29, 0.717) is 0 Å². The van der Waals surface area contributed by atoms with Gasteiger partial charge in [-0.1, -0.05) is 182 Å². The molecule has 0 amide bonds. The summed E-state index contributed by atoms with van der Waals surface area (Å²) in [6.07, 6.45) is 0. The van der Waals surface area contributed by atoms with E-state index >= 15 is 0 Å². The van der Waals surface area contributed by atoms with E-state index in [2.05, 4.69) is 256 Å². The third-order valence-electron chi connectivity index (χ3n) is 13.4. The van der Waals surface area contributed by atoms with Crippen molar-refractivity contribution in [2.24, 2.45) is 0 Å². The molecule has 9 aromatic carbocycles. The lowest BCUT2D eigenvalue weighted by molar-refractivity contribution is 1.02. The molecule has 0 saturated heterocycles. The van der Waals surface area contributed by atoms with E-state index in [1.165, 1.54) is 64.1 Å². The lowest BCUT2D eigenvalue weighted by Gasteiger charge is -2.35. The van der Waals surface area contributed by atoms with Gasteiger partial charge in [-0.05, 0) is 81.4 Å². The minimum Gasteiger partial charge on any atom is -0.309 e. The van der Waals surface area contributed by atoms with E-state index < -0.39 is 8.07 Å². The van der Waals surface area contributed by atoms with E-state index in [4.69, 9.17) is 4.98 Å². The molecule has 0 aliphatic rings. The van der Waals surface area contributed by atoms with Crippen LogP contribution < -0.4 is 20.7 Å². The molecule has 0 bridgehead atoms. The van der Waals surface area contributed by atoms with E-state index in [9.17, 15) is 0 Å². The zero-order valence-electron chi connectivity index (χ0n) is 34.9. The van der Waals surface area contributed by atoms with Gasteiger partial charge in [0.05, 0.1) is 33.1 Å². The Kier molecular flexibility index (Phi) is 8.20. The predicted molar refractivity (Wildman–Crippen MR) is 271 cm³/mol. The Balaban J connectivity index is 1.16. The van der Waals surface area contributed by atoms with Crippen LogP contribution >= 0.6 is 0 Å². The van der Waals surface area contributed by atoms with Crippen LogP contribution in [0, 0.1) is 0 Å². The fourth-order valence-corrected chi connectivity index (χ4v) is 15.5. The molecule has 64 heavy (non-hydrogen) atoms. The van der Waals surface area contributed by atoms with Gasteiger partial charge < -0.3 is 4.57 Å². The minimum absolute atomic E-state index is 0.879. The van der Waals surface area contributed by atoms with E-state index in [1.807, 2.05) is 0 Å². The number of hydrogen-bond acceptors (Lipinski definition) is 1. The van der Waals surface area contributed by atoms with E-state index in [1.54, 1.807) is 0 Å². The molecule has 0 unspecified atom stereocenters. The average Bonchev–Trinajstić information content (AvgIpc) is 4.01. The molecule has 0 aliphatic carbocycles. The van der Waals surface area contributed by atoms with E-state index in [-0.39, 0.29) is 0 Å². The Morgan fingerprint density at radius 2 is 0.562 bits per heavy atom. The molecule has 0 fully saturated rings. The molecular weight excluding hydrogens is 793 g/mol. The molecule has 0 aliphatic heterocycles. The van der Waals surface area contributed by atoms with Gasteiger partial charge in [0, 0.05) is 38.0 Å². The van der Waals surface area contributed by atoms with Crippen molar-refractivity contribution >= 4 is 94.2 Å². The first-order valence-electron chi connectivity index (χ1n) is 22.0. The maximum atomic E-state index is 5.81. The van der Waals surface area contributed by atoms with Crippen molar-refractivity contribution in [3.8, 4) is 17.3 Å². The Bertz CT molecular complexity index is 3700. The summed E-state index contributed by atoms with van der Waals surface area (Å²) in [7, 11) is -3.03. The number of benzene rings is 9. The van der Waals surface area contributed by atoms with Gasteiger partial charge in [0.1, 0.15) is 11.6 Å². The van der Waals surface area contributed by atoms with Gasteiger partial charge in [-0.3, -0.25) is 9.13 Å². The molecule has 4 aromatic heterocycles. The van der Waals surface area contributed by atoms with Crippen LogP contribution in [-0.4, -0.2) is 26.8 Å². The van der Waals surface area contributed by atoms with Crippen molar-refractivity contribution in [3.63, 3.8) is 0 Å². The lowest BCUT2D eigenvalue weighted by Crippen LogP contribution is -2.74. The predicted octanol–water partition coefficient (Wildman–Crippen LogP) is 11.8. The molecule has 0 spiro atoms. The molecular formula is C59H40N4Si. The second kappa shape index (κ2) is 14.4. The quantitative estimate of drug-likeness (QED) is 0.116. The van der Waals surface area contributed by atoms with Gasteiger partial charge in [-0.2, -0.15) is 0 Å². The minimum atomic E-state index is -3.03. The lowest BCUT2D eigenvalue weighted by atomic mass is 10.1. The van der Waals surface area contributed by atoms with Crippen LogP contribution in [0.15, 0.2) is 243 Å². The monoisotopic (exact) mass is 832 g/mol. The zero-order chi connectivity index (χ0) is 42.2. The maximum Gasteiger partial charge on any atom is 0.179 e. The second-order valence-corrected chi connectivity index (χ2v) is 20.5. The number of para-hydroxylation sites is 5. The summed E-state index contributed by atoms with van der Waals surface area (Å²) in [6.45, 7) is 0. The molecule has 13 rings (SSSR count). The third kappa shape index (κ3) is 5.31. The maximum absolute atomic E-state index is 5.81. The number of pyridine rings is 1. The number of nitrogens with zero attached hydrogens (tertiary/aromatic N) is 4. The Morgan fingerprint density at radius 1 is 0.250 bits per heavy atom. The van der Waals surface area contributed by atoms with Gasteiger partial charge >= 0.3 is 0 Å². The third-order valence-corrected chi connectivity index (χ3v) is 18.1. The van der Waals surface area contributed by atoms with Gasteiger partial charge in [-0.15, -0.1) is 0 Å². The van der Waals surface area contributed by atoms with Crippen molar-refractivity contribution < 1.29 is 0 Å². The summed E-state index contributed by atoms with van der Waals surface area (Å²) in [6, 6.07) is 89.1. The van der Waals surface area contributed by atoms with Gasteiger partial charge in [0.2, 0.25) is 0 Å². The summed E-state index contributed by atoms with van der Waals surface area (Å²) in [5.74, 6) is 1.77. The fraction of sp³-hybridized carbons (Fsp3) is 0. The first kappa shape index (κ1) is 36.4. The highest BCUT2D eigenvalue weighted by atomic mass is 28.3. The molecule has 0 N–H and O–H groups in total. The normalized spacial score (nSPS) is 12.1. The van der Waals surface area contributed by atoms with Gasteiger partial charge in [0.25, 0.3) is 0 Å². The highest BCUT2D eigenvalue weighted by Gasteiger charge is 2.42. The molecule has 4 heterocycles. The Morgan fingerprint density at radius 3 is 0.953 bits per heavy atom. The van der Waals surface area contributed by atoms with Crippen LogP contribution in [0.3, 0.4) is 0 Å². The van der Waals surface area contributed by atoms with Crippen LogP contribution in [0.25, 0.3) is 82.7 Å². The van der Waals surface area contributed by atoms with Crippen LogP contribution in [0.5, 0.6) is 0 Å². The second-order valence-electron chi connectivity index (χ2n) is 16.7. The molecule has 4 nitrogen and oxygen atoms in total. The van der Waals surface area contributed by atoms with Gasteiger partial charge in [-0.25, -0.2) is 4.98 Å². The highest BCUT2D eigenvalue weighted by Crippen LogP contribution is 2.38. The average molecular weight is 833 g/mol. The number of aromatic nitrogens is 4. The van der Waals surface area contributed by atoms with Crippen LogP contribution in [0.4, 0.5) is 0 Å². The molecule has 13 aromatic rings. The summed E-state index contributed by atoms with van der Waals surface area (Å²) < 4.78 is 7.20. The van der Waals surface area contributed by atoms with Crippen LogP contribution in [0.1, 0.15) is 0 Å². The molecule has 0 atom stereocenters. The summed E-state index contributed by atoms with van der Waals surface area (Å²) in [4.78, 5) is 5.81. The van der Waals surface area contributed by atoms with Crippen molar-refractivity contribution in [1.82, 2.24) is 18.7 Å². The van der Waals surface area contributed by atoms with Crippen molar-refractivity contribution in [2.45, 2.75) is 0 Å². The van der Waals surface area contributed by atoms with E-state index in [0.717, 1.165) is 39.4 Å². The van der Waals surface area contributed by atoms with Crippen LogP contribution in [-0.2, 0) is 0 Å². The first-order valence-corrected chi connectivity index (χ1v) is 24.0. The number of fused-ring (bicyclic) bond motifs is 9. The Labute approximate surface area is 371 Å². The standard InChI is InChI=1S/C59H40N4Si/c1-4-20-42(21-5-1)64(43-22-6-2-7-23-43,44-24-8-3-9-25-44)45-39-58(62-54-33-17-12-28-48(54)49-29-13-18-34-55(49)62)60-59(40-45)63-56-35-19-14-30-50(56)51-38-41(36-37-57(51)63)61-52-31-15-10-26-46(52)47-27-11-16-32-53(47)61/h1-40H. The highest BCUT2D eigenvalue weighted by molar-refractivity contribution is 7.20. The summed E-state index contributed by atoms with van der Waals surface area (Å²) >= 11 is 0. The molecule has 300 valence electrons. The largest absolute Gasteiger partial charge is 0.309 e. The van der Waals surface area contributed by atoms with Crippen molar-refractivity contribution in [2.75, 3.05) is 0 Å². The number of hydrogen-bond donors (Lipinski definition) is 0. The molecule has 0 saturated carbocycles. The molecule has 5 heteroatoms. The first-order chi connectivity index (χ1) is 31.8. The van der Waals surface area contributed by atoms with Crippen molar-refractivity contribution in [1.29, 1.82) is 0 Å². The van der Waals surface area contributed by atoms with Crippen LogP contribution in [0.2, 0.25) is 0 Å². The fourth-order valence-electron chi connectivity index (χ4n) is 10.7. The smallest absolute Gasteiger partial charge is 0.179 e. The SMILES string of the molecule is c1ccc([Si](c2ccccc2)(c2ccccc2)c2cc(-n3c4ccccc4c4ccccc43)nc(-n3c4ccccc4c4cc(-n5c6ccccc6c6ccccc65)ccc43)c2)cc1. The summed E-state index contributed by atoms with van der Waals surface area (Å²) in [5.41, 5.74) is 8.00.